The Kier molecular flexibility index (Phi) is 7.15. The molecule has 1 amide bonds. The highest BCUT2D eigenvalue weighted by atomic mass is 16.5. The predicted molar refractivity (Wildman–Crippen MR) is 134 cm³/mol. The Balaban J connectivity index is 1.84. The summed E-state index contributed by atoms with van der Waals surface area (Å²) in [6.45, 7) is 0. The molecule has 0 saturated carbocycles. The molecule has 1 atom stereocenters. The molecule has 8 heteroatoms. The number of phenolic OH excluding ortho intramolecular Hbond substituents is 1. The lowest BCUT2D eigenvalue weighted by Crippen LogP contribution is -2.31. The number of rotatable bonds is 9. The summed E-state index contributed by atoms with van der Waals surface area (Å²) in [5, 5.41) is 21.5. The van der Waals surface area contributed by atoms with Gasteiger partial charge in [0.05, 0.1) is 38.6 Å². The Hall–Kier alpha value is -4.46. The molecular weight excluding hydrogens is 462 g/mol. The second-order valence-electron chi connectivity index (χ2n) is 8.20. The lowest BCUT2D eigenvalue weighted by Gasteiger charge is -2.28. The first-order valence-corrected chi connectivity index (χ1v) is 11.3. The largest absolute Gasteiger partial charge is 0.506 e. The SMILES string of the molecule is COc1cc(C2C(C(=O)CCc3ccccc3)=C(O)C(=O)N2c2ccccc2O)cc(OC)c1OC. The molecule has 1 unspecified atom stereocenters. The van der Waals surface area contributed by atoms with E-state index in [0.717, 1.165) is 5.56 Å². The molecule has 36 heavy (non-hydrogen) atoms. The van der Waals surface area contributed by atoms with Crippen molar-refractivity contribution in [2.75, 3.05) is 26.2 Å². The van der Waals surface area contributed by atoms with Crippen molar-refractivity contribution in [2.24, 2.45) is 0 Å². The van der Waals surface area contributed by atoms with E-state index in [4.69, 9.17) is 14.2 Å². The van der Waals surface area contributed by atoms with E-state index < -0.39 is 17.7 Å². The highest BCUT2D eigenvalue weighted by Gasteiger charge is 2.45. The number of para-hydroxylation sites is 2. The zero-order chi connectivity index (χ0) is 25.8. The van der Waals surface area contributed by atoms with Gasteiger partial charge in [0.25, 0.3) is 5.91 Å². The highest BCUT2D eigenvalue weighted by Crippen LogP contribution is 2.48. The molecule has 1 aliphatic rings. The molecule has 0 saturated heterocycles. The fraction of sp³-hybridized carbons (Fsp3) is 0.214. The van der Waals surface area contributed by atoms with Crippen LogP contribution in [0.25, 0.3) is 0 Å². The number of amides is 1. The molecule has 186 valence electrons. The van der Waals surface area contributed by atoms with Crippen LogP contribution in [0.4, 0.5) is 5.69 Å². The molecular formula is C28H27NO7. The van der Waals surface area contributed by atoms with Crippen LogP contribution in [0, 0.1) is 0 Å². The number of nitrogens with zero attached hydrogens (tertiary/aromatic N) is 1. The Labute approximate surface area is 209 Å². The second kappa shape index (κ2) is 10.4. The van der Waals surface area contributed by atoms with Crippen LogP contribution < -0.4 is 19.1 Å². The number of carbonyl (C=O) groups is 2. The van der Waals surface area contributed by atoms with Gasteiger partial charge in [-0.1, -0.05) is 42.5 Å². The summed E-state index contributed by atoms with van der Waals surface area (Å²) in [7, 11) is 4.39. The Morgan fingerprint density at radius 2 is 1.50 bits per heavy atom. The fourth-order valence-electron chi connectivity index (χ4n) is 4.42. The highest BCUT2D eigenvalue weighted by molar-refractivity contribution is 6.17. The Morgan fingerprint density at radius 3 is 2.08 bits per heavy atom. The number of hydrogen-bond donors (Lipinski definition) is 2. The summed E-state index contributed by atoms with van der Waals surface area (Å²) in [6, 6.07) is 17.9. The van der Waals surface area contributed by atoms with Crippen LogP contribution >= 0.6 is 0 Å². The van der Waals surface area contributed by atoms with Crippen LogP contribution in [-0.2, 0) is 16.0 Å². The first kappa shape index (κ1) is 24.7. The monoisotopic (exact) mass is 489 g/mol. The van der Waals surface area contributed by atoms with Crippen molar-refractivity contribution < 1.29 is 34.0 Å². The van der Waals surface area contributed by atoms with Gasteiger partial charge >= 0.3 is 0 Å². The van der Waals surface area contributed by atoms with E-state index in [1.807, 2.05) is 30.3 Å². The standard InChI is InChI=1S/C28H27NO7/c1-34-22-15-18(16-23(35-2)27(22)36-3)25-24(21(31)14-13-17-9-5-4-6-10-17)26(32)28(33)29(25)19-11-7-8-12-20(19)30/h4-12,15-16,25,30,32H,13-14H2,1-3H3. The maximum Gasteiger partial charge on any atom is 0.294 e. The minimum Gasteiger partial charge on any atom is -0.506 e. The first-order chi connectivity index (χ1) is 17.4. The van der Waals surface area contributed by atoms with Crippen molar-refractivity contribution in [3.8, 4) is 23.0 Å². The number of aromatic hydroxyl groups is 1. The van der Waals surface area contributed by atoms with Gasteiger partial charge in [-0.05, 0) is 41.8 Å². The summed E-state index contributed by atoms with van der Waals surface area (Å²) in [5.41, 5.74) is 1.48. The maximum absolute atomic E-state index is 13.5. The van der Waals surface area contributed by atoms with E-state index in [1.54, 1.807) is 30.3 Å². The maximum atomic E-state index is 13.5. The molecule has 0 radical (unpaired) electrons. The molecule has 0 aliphatic carbocycles. The fourth-order valence-corrected chi connectivity index (χ4v) is 4.42. The summed E-state index contributed by atoms with van der Waals surface area (Å²) in [4.78, 5) is 28.0. The van der Waals surface area contributed by atoms with Crippen molar-refractivity contribution in [1.29, 1.82) is 0 Å². The number of ketones is 1. The Morgan fingerprint density at radius 1 is 0.889 bits per heavy atom. The van der Waals surface area contributed by atoms with Crippen molar-refractivity contribution in [1.82, 2.24) is 0 Å². The van der Waals surface area contributed by atoms with Gasteiger partial charge in [-0.25, -0.2) is 0 Å². The molecule has 8 nitrogen and oxygen atoms in total. The molecule has 1 heterocycles. The number of Topliss-reactive ketones (excluding diaryl/α,β-unsaturated/α-hetero) is 1. The number of phenols is 1. The average molecular weight is 490 g/mol. The first-order valence-electron chi connectivity index (χ1n) is 11.3. The van der Waals surface area contributed by atoms with Gasteiger partial charge in [0.15, 0.2) is 23.0 Å². The second-order valence-corrected chi connectivity index (χ2v) is 8.20. The van der Waals surface area contributed by atoms with E-state index >= 15 is 0 Å². The normalized spacial score (nSPS) is 15.2. The van der Waals surface area contributed by atoms with Crippen molar-refractivity contribution in [3.63, 3.8) is 0 Å². The molecule has 3 aromatic carbocycles. The summed E-state index contributed by atoms with van der Waals surface area (Å²) in [5.74, 6) is -1.03. The third kappa shape index (κ3) is 4.45. The summed E-state index contributed by atoms with van der Waals surface area (Å²) < 4.78 is 16.4. The number of carbonyl (C=O) groups excluding carboxylic acids is 2. The van der Waals surface area contributed by atoms with Crippen molar-refractivity contribution in [3.05, 3.63) is 89.2 Å². The summed E-state index contributed by atoms with van der Waals surface area (Å²) >= 11 is 0. The minimum absolute atomic E-state index is 0.0616. The van der Waals surface area contributed by atoms with Crippen molar-refractivity contribution in [2.45, 2.75) is 18.9 Å². The molecule has 0 bridgehead atoms. The van der Waals surface area contributed by atoms with Gasteiger partial charge in [0.2, 0.25) is 5.75 Å². The van der Waals surface area contributed by atoms with Crippen molar-refractivity contribution >= 4 is 17.4 Å². The quantitative estimate of drug-likeness (QED) is 0.455. The molecule has 0 spiro atoms. The average Bonchev–Trinajstić information content (AvgIpc) is 3.17. The minimum atomic E-state index is -1.04. The third-order valence-electron chi connectivity index (χ3n) is 6.14. The molecule has 0 fully saturated rings. The van der Waals surface area contributed by atoms with Gasteiger partial charge in [0, 0.05) is 6.42 Å². The molecule has 3 aromatic rings. The van der Waals surface area contributed by atoms with Gasteiger partial charge in [-0.2, -0.15) is 0 Å². The number of benzene rings is 3. The van der Waals surface area contributed by atoms with Crippen LogP contribution in [0.15, 0.2) is 78.1 Å². The third-order valence-corrected chi connectivity index (χ3v) is 6.14. The number of aliphatic hydroxyl groups is 1. The van der Waals surface area contributed by atoms with Gasteiger partial charge in [-0.15, -0.1) is 0 Å². The van der Waals surface area contributed by atoms with Crippen LogP contribution in [0.3, 0.4) is 0 Å². The zero-order valence-corrected chi connectivity index (χ0v) is 20.2. The lowest BCUT2D eigenvalue weighted by atomic mass is 9.92. The van der Waals surface area contributed by atoms with Crippen LogP contribution in [0.2, 0.25) is 0 Å². The zero-order valence-electron chi connectivity index (χ0n) is 20.2. The number of hydrogen-bond acceptors (Lipinski definition) is 7. The molecule has 2 N–H and O–H groups in total. The van der Waals surface area contributed by atoms with Crippen LogP contribution in [0.1, 0.15) is 23.6 Å². The van der Waals surface area contributed by atoms with Gasteiger partial charge in [0.1, 0.15) is 5.75 Å². The van der Waals surface area contributed by atoms with Crippen LogP contribution in [-0.4, -0.2) is 43.2 Å². The number of aryl methyl sites for hydroxylation is 1. The van der Waals surface area contributed by atoms with Crippen LogP contribution in [0.5, 0.6) is 23.0 Å². The topological polar surface area (TPSA) is 106 Å². The van der Waals surface area contributed by atoms with E-state index in [9.17, 15) is 19.8 Å². The van der Waals surface area contributed by atoms with E-state index in [2.05, 4.69) is 0 Å². The Bertz CT molecular complexity index is 1290. The lowest BCUT2D eigenvalue weighted by molar-refractivity contribution is -0.118. The molecule has 4 rings (SSSR count). The van der Waals surface area contributed by atoms with E-state index in [0.29, 0.717) is 29.2 Å². The van der Waals surface area contributed by atoms with E-state index in [-0.39, 0.29) is 29.2 Å². The predicted octanol–water partition coefficient (Wildman–Crippen LogP) is 4.52. The number of ether oxygens (including phenoxy) is 3. The summed E-state index contributed by atoms with van der Waals surface area (Å²) in [6.07, 6.45) is 0.509. The molecule has 0 aromatic heterocycles. The molecule has 1 aliphatic heterocycles. The van der Waals surface area contributed by atoms with E-state index in [1.165, 1.54) is 32.3 Å². The number of methoxy groups -OCH3 is 3. The number of aliphatic hydroxyl groups excluding tert-OH is 1. The number of anilines is 1. The smallest absolute Gasteiger partial charge is 0.294 e. The van der Waals surface area contributed by atoms with Gasteiger partial charge < -0.3 is 24.4 Å². The van der Waals surface area contributed by atoms with Gasteiger partial charge in [-0.3, -0.25) is 14.5 Å².